The Balaban J connectivity index is 0. The fourth-order valence-corrected chi connectivity index (χ4v) is 0.634. The van der Waals surface area contributed by atoms with Crippen molar-refractivity contribution in [2.45, 2.75) is 19.4 Å². The van der Waals surface area contributed by atoms with Crippen LogP contribution in [0.2, 0.25) is 0 Å². The molecule has 0 aromatic heterocycles. The van der Waals surface area contributed by atoms with Crippen LogP contribution in [-0.2, 0) is 4.79 Å². The second kappa shape index (κ2) is 6.12. The average Bonchev–Trinajstić information content (AvgIpc) is 1.81. The fraction of sp³-hybridized carbons (Fsp3) is 0.667. The maximum absolute atomic E-state index is 10.4. The lowest BCUT2D eigenvalue weighted by molar-refractivity contribution is -0.120. The number of halogens is 1. The molecule has 1 amide bonds. The van der Waals surface area contributed by atoms with Crippen molar-refractivity contribution >= 4 is 24.5 Å². The van der Waals surface area contributed by atoms with E-state index >= 15 is 0 Å². The van der Waals surface area contributed by atoms with Crippen molar-refractivity contribution in [2.75, 3.05) is 0 Å². The van der Waals surface area contributed by atoms with Gasteiger partial charge in [0.1, 0.15) is 0 Å². The number of hydrogen-bond acceptors (Lipinski definition) is 3. The molecule has 5 heteroatoms. The molecule has 0 aliphatic rings. The number of carbonyl (C=O) groups excluding carboxylic acids is 1. The molecule has 66 valence electrons. The van der Waals surface area contributed by atoms with Gasteiger partial charge in [-0.25, -0.2) is 0 Å². The minimum absolute atomic E-state index is 0. The summed E-state index contributed by atoms with van der Waals surface area (Å²) in [6, 6.07) is 0. The molecule has 2 atom stereocenters. The van der Waals surface area contributed by atoms with Gasteiger partial charge in [0.25, 0.3) is 0 Å². The van der Waals surface area contributed by atoms with E-state index in [0.29, 0.717) is 0 Å². The van der Waals surface area contributed by atoms with Gasteiger partial charge in [-0.1, -0.05) is 0 Å². The lowest BCUT2D eigenvalue weighted by Gasteiger charge is -2.08. The molecule has 0 saturated carbocycles. The highest BCUT2D eigenvalue weighted by Crippen LogP contribution is 2.02. The van der Waals surface area contributed by atoms with E-state index < -0.39 is 17.9 Å². The third-order valence-corrected chi connectivity index (χ3v) is 1.16. The Labute approximate surface area is 71.7 Å². The second-order valence-electron chi connectivity index (χ2n) is 2.26. The third kappa shape index (κ3) is 5.82. The molecule has 0 fully saturated rings. The van der Waals surface area contributed by atoms with Gasteiger partial charge in [-0.05, 0) is 13.3 Å². The van der Waals surface area contributed by atoms with Crippen molar-refractivity contribution in [1.29, 1.82) is 5.41 Å². The molecule has 0 saturated heterocycles. The Morgan fingerprint density at radius 1 is 1.82 bits per heavy atom. The zero-order valence-corrected chi connectivity index (χ0v) is 7.10. The van der Waals surface area contributed by atoms with Crippen LogP contribution in [0.25, 0.3) is 0 Å². The van der Waals surface area contributed by atoms with Gasteiger partial charge >= 0.3 is 0 Å². The summed E-state index contributed by atoms with van der Waals surface area (Å²) in [5, 5.41) is 15.5. The molecule has 0 bridgehead atoms. The molecule has 0 radical (unpaired) electrons. The molecular weight excluding hydrogens is 168 g/mol. The molecule has 4 N–H and O–H groups in total. The second-order valence-corrected chi connectivity index (χ2v) is 2.26. The smallest absolute Gasteiger partial charge is 0.225 e. The van der Waals surface area contributed by atoms with Crippen LogP contribution in [-0.4, -0.2) is 23.3 Å². The first-order valence-electron chi connectivity index (χ1n) is 3.06. The van der Waals surface area contributed by atoms with Gasteiger partial charge in [0.2, 0.25) is 5.91 Å². The summed E-state index contributed by atoms with van der Waals surface area (Å²) < 4.78 is 0. The molecule has 4 nitrogen and oxygen atoms in total. The van der Waals surface area contributed by atoms with E-state index in [1.807, 2.05) is 0 Å². The van der Waals surface area contributed by atoms with Gasteiger partial charge in [0.05, 0.1) is 12.0 Å². The van der Waals surface area contributed by atoms with E-state index in [1.54, 1.807) is 6.92 Å². The van der Waals surface area contributed by atoms with E-state index in [4.69, 9.17) is 16.2 Å². The molecule has 0 rings (SSSR count). The fourth-order valence-electron chi connectivity index (χ4n) is 0.634. The van der Waals surface area contributed by atoms with Gasteiger partial charge in [-0.3, -0.25) is 4.79 Å². The quantitative estimate of drug-likeness (QED) is 0.529. The molecule has 0 aromatic rings. The van der Waals surface area contributed by atoms with Crippen LogP contribution in [0, 0.1) is 11.3 Å². The molecule has 0 aliphatic heterocycles. The lowest BCUT2D eigenvalue weighted by Crippen LogP contribution is -2.27. The SMILES string of the molecule is CC(O)C[C@@H](C=N)C(N)=O.Cl. The van der Waals surface area contributed by atoms with Crippen LogP contribution in [0.4, 0.5) is 0 Å². The summed E-state index contributed by atoms with van der Waals surface area (Å²) >= 11 is 0. The van der Waals surface area contributed by atoms with Crippen molar-refractivity contribution in [3.63, 3.8) is 0 Å². The monoisotopic (exact) mass is 180 g/mol. The first-order chi connectivity index (χ1) is 4.57. The molecule has 0 spiro atoms. The van der Waals surface area contributed by atoms with Crippen LogP contribution in [0.3, 0.4) is 0 Å². The minimum atomic E-state index is -0.625. The minimum Gasteiger partial charge on any atom is -0.393 e. The van der Waals surface area contributed by atoms with E-state index in [9.17, 15) is 4.79 Å². The Hall–Kier alpha value is -0.610. The molecule has 1 unspecified atom stereocenters. The van der Waals surface area contributed by atoms with Crippen molar-refractivity contribution in [3.05, 3.63) is 0 Å². The highest BCUT2D eigenvalue weighted by atomic mass is 35.5. The maximum atomic E-state index is 10.4. The standard InChI is InChI=1S/C6H12N2O2.ClH/c1-4(9)2-5(3-7)6(8)10;/h3-5,7,9H,2H2,1H3,(H2,8,10);1H/t4?,5-;/m0./s1. The van der Waals surface area contributed by atoms with Gasteiger partial charge in [0, 0.05) is 6.21 Å². The molecule has 11 heavy (non-hydrogen) atoms. The predicted octanol–water partition coefficient (Wildman–Crippen LogP) is -0.0698. The van der Waals surface area contributed by atoms with Crippen LogP contribution < -0.4 is 5.73 Å². The van der Waals surface area contributed by atoms with Gasteiger partial charge < -0.3 is 16.2 Å². The van der Waals surface area contributed by atoms with Crippen LogP contribution in [0.15, 0.2) is 0 Å². The number of aliphatic hydroxyl groups is 1. The largest absolute Gasteiger partial charge is 0.393 e. The summed E-state index contributed by atoms with van der Waals surface area (Å²) in [4.78, 5) is 10.4. The van der Waals surface area contributed by atoms with Crippen LogP contribution in [0.1, 0.15) is 13.3 Å². The zero-order valence-electron chi connectivity index (χ0n) is 6.28. The number of amides is 1. The van der Waals surface area contributed by atoms with Crippen molar-refractivity contribution < 1.29 is 9.90 Å². The molecule has 0 aliphatic carbocycles. The van der Waals surface area contributed by atoms with E-state index in [1.165, 1.54) is 0 Å². The Kier molecular flexibility index (Phi) is 7.24. The van der Waals surface area contributed by atoms with E-state index in [-0.39, 0.29) is 18.8 Å². The number of primary amides is 1. The number of carbonyl (C=O) groups is 1. The topological polar surface area (TPSA) is 87.2 Å². The first-order valence-corrected chi connectivity index (χ1v) is 3.06. The molecular formula is C6H13ClN2O2. The van der Waals surface area contributed by atoms with Crippen molar-refractivity contribution in [2.24, 2.45) is 11.7 Å². The predicted molar refractivity (Wildman–Crippen MR) is 45.0 cm³/mol. The Morgan fingerprint density at radius 3 is 2.36 bits per heavy atom. The summed E-state index contributed by atoms with van der Waals surface area (Å²) in [6.45, 7) is 1.56. The number of rotatable bonds is 4. The average molecular weight is 181 g/mol. The van der Waals surface area contributed by atoms with Crippen LogP contribution >= 0.6 is 12.4 Å². The number of nitrogens with two attached hydrogens (primary N) is 1. The van der Waals surface area contributed by atoms with E-state index in [2.05, 4.69) is 0 Å². The third-order valence-electron chi connectivity index (χ3n) is 1.16. The molecule has 0 heterocycles. The summed E-state index contributed by atoms with van der Waals surface area (Å²) in [6.07, 6.45) is 0.604. The van der Waals surface area contributed by atoms with Crippen molar-refractivity contribution in [3.8, 4) is 0 Å². The van der Waals surface area contributed by atoms with Gasteiger partial charge in [-0.2, -0.15) is 0 Å². The molecule has 0 aromatic carbocycles. The highest BCUT2D eigenvalue weighted by Gasteiger charge is 2.13. The lowest BCUT2D eigenvalue weighted by atomic mass is 10.0. The van der Waals surface area contributed by atoms with Gasteiger partial charge in [-0.15, -0.1) is 12.4 Å². The summed E-state index contributed by atoms with van der Waals surface area (Å²) in [5.41, 5.74) is 4.89. The zero-order chi connectivity index (χ0) is 8.15. The highest BCUT2D eigenvalue weighted by molar-refractivity contribution is 5.91. The van der Waals surface area contributed by atoms with Gasteiger partial charge in [0.15, 0.2) is 0 Å². The summed E-state index contributed by atoms with van der Waals surface area (Å²) in [5.74, 6) is -1.18. The number of aliphatic hydroxyl groups excluding tert-OH is 1. The number of nitrogens with one attached hydrogen (secondary N) is 1. The van der Waals surface area contributed by atoms with Crippen LogP contribution in [0.5, 0.6) is 0 Å². The van der Waals surface area contributed by atoms with E-state index in [0.717, 1.165) is 6.21 Å². The summed E-state index contributed by atoms with van der Waals surface area (Å²) in [7, 11) is 0. The first kappa shape index (κ1) is 13.0. The number of hydrogen-bond donors (Lipinski definition) is 3. The van der Waals surface area contributed by atoms with Crippen molar-refractivity contribution in [1.82, 2.24) is 0 Å². The Morgan fingerprint density at radius 2 is 2.27 bits per heavy atom. The normalized spacial score (nSPS) is 14.4. The Bertz CT molecular complexity index is 139. The maximum Gasteiger partial charge on any atom is 0.225 e.